The molecule has 0 heterocycles. The molecule has 0 aromatic heterocycles. The summed E-state index contributed by atoms with van der Waals surface area (Å²) in [6.45, 7) is 0. The minimum absolute atomic E-state index is 0.247. The van der Waals surface area contributed by atoms with Gasteiger partial charge in [-0.1, -0.05) is 0 Å². The molecule has 0 saturated carbocycles. The van der Waals surface area contributed by atoms with Crippen LogP contribution in [-0.4, -0.2) is 5.11 Å². The molecule has 4 aromatic carbocycles. The minimum atomic E-state index is -3.43. The molecule has 4 aromatic rings. The van der Waals surface area contributed by atoms with Gasteiger partial charge in [-0.25, -0.2) is 0 Å². The van der Waals surface area contributed by atoms with E-state index in [1.54, 1.807) is 6.07 Å². The number of phenolic OH excluding ortho intramolecular Hbond substituents is 1. The molecule has 1 nitrogen and oxygen atoms in total. The molecule has 0 aliphatic rings. The second-order valence-corrected chi connectivity index (χ2v) is 14.5. The summed E-state index contributed by atoms with van der Waals surface area (Å²) in [6.07, 6.45) is 0.518. The van der Waals surface area contributed by atoms with Gasteiger partial charge in [-0.3, -0.25) is 0 Å². The van der Waals surface area contributed by atoms with Crippen LogP contribution in [0, 0.1) is 0 Å². The van der Waals surface area contributed by atoms with Crippen molar-refractivity contribution in [3.05, 3.63) is 119 Å². The van der Waals surface area contributed by atoms with Gasteiger partial charge in [0.25, 0.3) is 0 Å². The Morgan fingerprint density at radius 2 is 1.07 bits per heavy atom. The molecule has 0 radical (unpaired) electrons. The first-order valence-electron chi connectivity index (χ1n) is 9.39. The maximum atomic E-state index is 10.7. The van der Waals surface area contributed by atoms with Crippen molar-refractivity contribution in [2.24, 2.45) is 0 Å². The van der Waals surface area contributed by atoms with Gasteiger partial charge in [-0.05, 0) is 0 Å². The van der Waals surface area contributed by atoms with Crippen LogP contribution in [0.25, 0.3) is 0 Å². The number of benzene rings is 4. The van der Waals surface area contributed by atoms with E-state index >= 15 is 0 Å². The predicted molar refractivity (Wildman–Crippen MR) is 131 cm³/mol. The average Bonchev–Trinajstić information content (AvgIpc) is 2.78. The normalized spacial score (nSPS) is 12.8. The molecular weight excluding hydrogens is 463 g/mol. The molecule has 0 amide bonds. The Bertz CT molecular complexity index is 1020. The van der Waals surface area contributed by atoms with Crippen LogP contribution in [0.15, 0.2) is 114 Å². The van der Waals surface area contributed by atoms with Gasteiger partial charge < -0.3 is 0 Å². The molecule has 0 unspecified atom stereocenters. The zero-order chi connectivity index (χ0) is 20.3. The van der Waals surface area contributed by atoms with E-state index in [0.717, 1.165) is 25.9 Å². The van der Waals surface area contributed by atoms with Gasteiger partial charge in [0.05, 0.1) is 0 Å². The molecule has 4 rings (SSSR count). The van der Waals surface area contributed by atoms with Crippen molar-refractivity contribution < 1.29 is 5.11 Å². The summed E-state index contributed by atoms with van der Waals surface area (Å²) in [5, 5.41) is 14.0. The summed E-state index contributed by atoms with van der Waals surface area (Å²) in [4.78, 5) is 0. The summed E-state index contributed by atoms with van der Waals surface area (Å²) in [5.74, 6) is -3.19. The number of hydrogen-bond donors (Lipinski definition) is 1. The molecule has 0 spiro atoms. The van der Waals surface area contributed by atoms with Crippen molar-refractivity contribution in [1.29, 1.82) is 0 Å². The Balaban J connectivity index is 2.09. The van der Waals surface area contributed by atoms with Gasteiger partial charge >= 0.3 is 185 Å². The first kappa shape index (κ1) is 20.2. The van der Waals surface area contributed by atoms with Crippen LogP contribution < -0.4 is 15.9 Å². The summed E-state index contributed by atoms with van der Waals surface area (Å²) < 4.78 is 0.841. The average molecular weight is 484 g/mol. The van der Waals surface area contributed by atoms with E-state index in [1.165, 1.54) is 0 Å². The van der Waals surface area contributed by atoms with Crippen LogP contribution in [0.5, 0.6) is 5.75 Å². The van der Waals surface area contributed by atoms with E-state index in [0.29, 0.717) is 6.16 Å². The van der Waals surface area contributed by atoms with E-state index in [2.05, 4.69) is 52.3 Å². The topological polar surface area (TPSA) is 20.2 Å². The fourth-order valence-corrected chi connectivity index (χ4v) is 10.4. The van der Waals surface area contributed by atoms with Crippen molar-refractivity contribution in [1.82, 2.24) is 0 Å². The van der Waals surface area contributed by atoms with Gasteiger partial charge in [-0.15, -0.1) is 0 Å². The van der Waals surface area contributed by atoms with E-state index in [4.69, 9.17) is 11.2 Å². The fourth-order valence-electron chi connectivity index (χ4n) is 3.93. The Labute approximate surface area is 184 Å². The molecule has 0 saturated heterocycles. The monoisotopic (exact) mass is 482 g/mol. The quantitative estimate of drug-likeness (QED) is 0.329. The summed E-state index contributed by atoms with van der Waals surface area (Å²) in [6, 6.07) is 36.5. The molecule has 4 heteroatoms. The van der Waals surface area contributed by atoms with Crippen molar-refractivity contribution in [2.45, 2.75) is 6.16 Å². The Morgan fingerprint density at radius 3 is 1.45 bits per heavy atom. The van der Waals surface area contributed by atoms with Crippen LogP contribution in [-0.2, 0) is 6.16 Å². The van der Waals surface area contributed by atoms with Crippen LogP contribution >= 0.6 is 33.1 Å². The molecule has 0 aliphatic carbocycles. The molecule has 29 heavy (non-hydrogen) atoms. The molecule has 1 N–H and O–H groups in total. The maximum absolute atomic E-state index is 10.7. The summed E-state index contributed by atoms with van der Waals surface area (Å²) in [5.41, 5.74) is 0.831. The van der Waals surface area contributed by atoms with Gasteiger partial charge in [-0.2, -0.15) is 0 Å². The van der Waals surface area contributed by atoms with Crippen molar-refractivity contribution in [3.8, 4) is 5.75 Å². The van der Waals surface area contributed by atoms with Gasteiger partial charge in [0, 0.05) is 0 Å². The van der Waals surface area contributed by atoms with Crippen LogP contribution in [0.2, 0.25) is 0 Å². The molecule has 0 atom stereocenters. The fraction of sp³-hybridized carbons (Fsp3) is 0.0400. The zero-order valence-corrected chi connectivity index (χ0v) is 19.0. The molecule has 0 fully saturated rings. The van der Waals surface area contributed by atoms with Crippen LogP contribution in [0.4, 0.5) is 0 Å². The van der Waals surface area contributed by atoms with Crippen molar-refractivity contribution in [3.63, 3.8) is 0 Å². The Hall–Kier alpha value is -2.12. The van der Waals surface area contributed by atoms with E-state index < -0.39 is 5.96 Å². The molecule has 0 bridgehead atoms. The SMILES string of the molecule is Oc1cc(Br)ccc1CP(Cl)(c1ccccc1)(c1ccccc1)c1ccccc1. The first-order valence-corrected chi connectivity index (χ1v) is 13.5. The third-order valence-electron chi connectivity index (χ3n) is 5.40. The number of halogens is 2. The number of phenols is 1. The number of aromatic hydroxyl groups is 1. The Morgan fingerprint density at radius 1 is 0.655 bits per heavy atom. The zero-order valence-electron chi connectivity index (χ0n) is 15.7. The third-order valence-corrected chi connectivity index (χ3v) is 13.1. The Kier molecular flexibility index (Phi) is 5.53. The van der Waals surface area contributed by atoms with E-state index in [9.17, 15) is 5.11 Å². The predicted octanol–water partition coefficient (Wildman–Crippen LogP) is 6.34. The number of rotatable bonds is 5. The summed E-state index contributed by atoms with van der Waals surface area (Å²) >= 11 is 11.5. The summed E-state index contributed by atoms with van der Waals surface area (Å²) in [7, 11) is 0. The van der Waals surface area contributed by atoms with E-state index in [1.807, 2.05) is 66.7 Å². The van der Waals surface area contributed by atoms with Crippen LogP contribution in [0.3, 0.4) is 0 Å². The van der Waals surface area contributed by atoms with Gasteiger partial charge in [0.1, 0.15) is 0 Å². The van der Waals surface area contributed by atoms with Gasteiger partial charge in [0.15, 0.2) is 0 Å². The third kappa shape index (κ3) is 3.51. The van der Waals surface area contributed by atoms with Crippen molar-refractivity contribution in [2.75, 3.05) is 0 Å². The standard InChI is InChI=1S/C25H21BrClOP/c26-21-17-16-20(25(28)18-21)19-29(27,22-10-4-1-5-11-22,23-12-6-2-7-13-23)24-14-8-3-9-15-24/h1-18,28H,19H2. The van der Waals surface area contributed by atoms with Crippen LogP contribution in [0.1, 0.15) is 5.56 Å². The van der Waals surface area contributed by atoms with E-state index in [-0.39, 0.29) is 5.75 Å². The van der Waals surface area contributed by atoms with Crippen molar-refractivity contribution >= 4 is 49.0 Å². The second kappa shape index (κ2) is 7.95. The molecule has 0 aliphatic heterocycles. The molecule has 146 valence electrons. The second-order valence-electron chi connectivity index (χ2n) is 7.12. The first-order chi connectivity index (χ1) is 14.0. The number of hydrogen-bond acceptors (Lipinski definition) is 1. The van der Waals surface area contributed by atoms with Gasteiger partial charge in [0.2, 0.25) is 0 Å². The molecular formula is C25H21BrClOP.